The maximum atomic E-state index is 12.4. The Labute approximate surface area is 185 Å². The van der Waals surface area contributed by atoms with Gasteiger partial charge in [0.25, 0.3) is 0 Å². The van der Waals surface area contributed by atoms with Crippen molar-refractivity contribution in [3.63, 3.8) is 0 Å². The molecule has 1 aliphatic heterocycles. The van der Waals surface area contributed by atoms with Gasteiger partial charge in [0.2, 0.25) is 23.9 Å². The highest BCUT2D eigenvalue weighted by atomic mass is 35.5. The van der Waals surface area contributed by atoms with Crippen LogP contribution < -0.4 is 14.4 Å². The Bertz CT molecular complexity index is 1040. The van der Waals surface area contributed by atoms with Gasteiger partial charge in [-0.3, -0.25) is 9.59 Å². The number of rotatable bonds is 6. The van der Waals surface area contributed by atoms with Gasteiger partial charge in [0.05, 0.1) is 20.8 Å². The minimum absolute atomic E-state index is 0.0949. The van der Waals surface area contributed by atoms with Crippen molar-refractivity contribution in [1.82, 2.24) is 5.01 Å². The van der Waals surface area contributed by atoms with E-state index in [4.69, 9.17) is 25.8 Å². The van der Waals surface area contributed by atoms with Gasteiger partial charge in [0, 0.05) is 30.1 Å². The molecule has 0 N–H and O–H groups in total. The zero-order chi connectivity index (χ0) is 22.7. The highest BCUT2D eigenvalue weighted by molar-refractivity contribution is 6.30. The average Bonchev–Trinajstić information content (AvgIpc) is 3.16. The van der Waals surface area contributed by atoms with Crippen LogP contribution in [0.4, 0.5) is 5.69 Å². The number of benzene rings is 2. The third-order valence-corrected chi connectivity index (χ3v) is 5.08. The lowest BCUT2D eigenvalue weighted by Crippen LogP contribution is -2.44. The lowest BCUT2D eigenvalue weighted by atomic mass is 10.1. The summed E-state index contributed by atoms with van der Waals surface area (Å²) in [6, 6.07) is 10.4. The number of hydrogen-bond acceptors (Lipinski definition) is 6. The molecule has 1 unspecified atom stereocenters. The van der Waals surface area contributed by atoms with Crippen LogP contribution in [0.25, 0.3) is 0 Å². The van der Waals surface area contributed by atoms with Crippen LogP contribution in [0.3, 0.4) is 0 Å². The Morgan fingerprint density at radius 1 is 1.13 bits per heavy atom. The summed E-state index contributed by atoms with van der Waals surface area (Å²) in [5.74, 6) is 0.809. The second kappa shape index (κ2) is 9.26. The predicted molar refractivity (Wildman–Crippen MR) is 118 cm³/mol. The zero-order valence-electron chi connectivity index (χ0n) is 18.0. The molecule has 3 rings (SSSR count). The molecule has 2 aromatic rings. The number of anilines is 1. The van der Waals surface area contributed by atoms with E-state index in [1.807, 2.05) is 6.92 Å². The summed E-state index contributed by atoms with van der Waals surface area (Å²) in [5, 5.41) is 6.14. The lowest BCUT2D eigenvalue weighted by Gasteiger charge is -2.28. The second-order valence-corrected chi connectivity index (χ2v) is 7.41. The van der Waals surface area contributed by atoms with E-state index in [9.17, 15) is 9.59 Å². The molecule has 1 heterocycles. The third kappa shape index (κ3) is 4.74. The van der Waals surface area contributed by atoms with Crippen LogP contribution in [-0.4, -0.2) is 49.7 Å². The van der Waals surface area contributed by atoms with E-state index in [0.29, 0.717) is 27.8 Å². The monoisotopic (exact) mass is 445 g/mol. The molecular weight excluding hydrogens is 422 g/mol. The smallest absolute Gasteiger partial charge is 0.243 e. The van der Waals surface area contributed by atoms with Crippen molar-refractivity contribution in [2.24, 2.45) is 5.10 Å². The molecule has 8 nitrogen and oxygen atoms in total. The first-order valence-corrected chi connectivity index (χ1v) is 9.94. The highest BCUT2D eigenvalue weighted by Crippen LogP contribution is 2.30. The van der Waals surface area contributed by atoms with Crippen molar-refractivity contribution in [3.8, 4) is 11.5 Å². The van der Waals surface area contributed by atoms with Gasteiger partial charge in [0.15, 0.2) is 11.5 Å². The number of hydrazone groups is 1. The first-order chi connectivity index (χ1) is 14.7. The molecule has 0 bridgehead atoms. The SMILES string of the molecule is COc1ccc(C2=NN(C(C)=O)C(CN(C(C)=O)c3ccc(Cl)cc3C)O2)cc1OC. The molecule has 0 spiro atoms. The Balaban J connectivity index is 1.90. The summed E-state index contributed by atoms with van der Waals surface area (Å²) in [4.78, 5) is 26.2. The molecule has 0 aromatic heterocycles. The second-order valence-electron chi connectivity index (χ2n) is 6.97. The molecule has 0 saturated heterocycles. The molecule has 0 fully saturated rings. The van der Waals surface area contributed by atoms with Gasteiger partial charge in [-0.2, -0.15) is 5.01 Å². The molecule has 0 saturated carbocycles. The lowest BCUT2D eigenvalue weighted by molar-refractivity contribution is -0.135. The number of carbonyl (C=O) groups is 2. The number of methoxy groups -OCH3 is 2. The fourth-order valence-corrected chi connectivity index (χ4v) is 3.55. The molecule has 0 radical (unpaired) electrons. The summed E-state index contributed by atoms with van der Waals surface area (Å²) < 4.78 is 16.6. The Hall–Kier alpha value is -3.26. The molecule has 9 heteroatoms. The summed E-state index contributed by atoms with van der Waals surface area (Å²) in [7, 11) is 3.08. The Morgan fingerprint density at radius 3 is 2.42 bits per heavy atom. The van der Waals surface area contributed by atoms with Crippen LogP contribution >= 0.6 is 11.6 Å². The number of amides is 2. The topological polar surface area (TPSA) is 80.7 Å². The van der Waals surface area contributed by atoms with E-state index in [0.717, 1.165) is 5.56 Å². The maximum absolute atomic E-state index is 12.4. The predicted octanol–water partition coefficient (Wildman–Crippen LogP) is 3.59. The quantitative estimate of drug-likeness (QED) is 0.678. The molecular formula is C22H24ClN3O5. The van der Waals surface area contributed by atoms with E-state index >= 15 is 0 Å². The van der Waals surface area contributed by atoms with Gasteiger partial charge in [-0.05, 0) is 48.9 Å². The molecule has 31 heavy (non-hydrogen) atoms. The van der Waals surface area contributed by atoms with E-state index in [1.165, 1.54) is 26.0 Å². The molecule has 164 valence electrons. The van der Waals surface area contributed by atoms with E-state index in [-0.39, 0.29) is 24.3 Å². The van der Waals surface area contributed by atoms with Gasteiger partial charge in [-0.25, -0.2) is 0 Å². The highest BCUT2D eigenvalue weighted by Gasteiger charge is 2.34. The van der Waals surface area contributed by atoms with Crippen LogP contribution in [0.15, 0.2) is 41.5 Å². The first kappa shape index (κ1) is 22.4. The summed E-state index contributed by atoms with van der Waals surface area (Å²) >= 11 is 6.05. The van der Waals surface area contributed by atoms with Gasteiger partial charge in [-0.15, -0.1) is 5.10 Å². The number of halogens is 1. The number of carbonyl (C=O) groups excluding carboxylic acids is 2. The number of nitrogens with zero attached hydrogens (tertiary/aromatic N) is 3. The van der Waals surface area contributed by atoms with Gasteiger partial charge in [-0.1, -0.05) is 11.6 Å². The number of hydrogen-bond donors (Lipinski definition) is 0. The van der Waals surface area contributed by atoms with E-state index < -0.39 is 6.23 Å². The summed E-state index contributed by atoms with van der Waals surface area (Å²) in [6.45, 7) is 4.80. The Kier molecular flexibility index (Phi) is 6.70. The average molecular weight is 446 g/mol. The van der Waals surface area contributed by atoms with Crippen LogP contribution in [0, 0.1) is 6.92 Å². The van der Waals surface area contributed by atoms with E-state index in [1.54, 1.807) is 48.4 Å². The van der Waals surface area contributed by atoms with Gasteiger partial charge < -0.3 is 19.1 Å². The number of aryl methyl sites for hydroxylation is 1. The van der Waals surface area contributed by atoms with Gasteiger partial charge >= 0.3 is 0 Å². The summed E-state index contributed by atoms with van der Waals surface area (Å²) in [5.41, 5.74) is 2.13. The number of ether oxygens (including phenoxy) is 3. The van der Waals surface area contributed by atoms with Crippen LogP contribution in [0.1, 0.15) is 25.0 Å². The standard InChI is InChI=1S/C22H24ClN3O5/c1-13-10-17(23)7-8-18(13)25(14(2)27)12-21-26(15(3)28)24-22(31-21)16-6-9-19(29-4)20(11-16)30-5/h6-11,21H,12H2,1-5H3. The minimum atomic E-state index is -0.792. The van der Waals surface area contributed by atoms with Crippen LogP contribution in [0.5, 0.6) is 11.5 Å². The molecule has 0 aliphatic carbocycles. The summed E-state index contributed by atoms with van der Waals surface area (Å²) in [6.07, 6.45) is -0.792. The zero-order valence-corrected chi connectivity index (χ0v) is 18.8. The van der Waals surface area contributed by atoms with Crippen molar-refractivity contribution in [3.05, 3.63) is 52.5 Å². The largest absolute Gasteiger partial charge is 0.493 e. The fourth-order valence-electron chi connectivity index (χ4n) is 3.32. The van der Waals surface area contributed by atoms with Crippen molar-refractivity contribution in [2.45, 2.75) is 27.0 Å². The van der Waals surface area contributed by atoms with Crippen LogP contribution in [0.2, 0.25) is 5.02 Å². The fraction of sp³-hybridized carbons (Fsp3) is 0.318. The molecule has 1 atom stereocenters. The third-order valence-electron chi connectivity index (χ3n) is 4.84. The normalized spacial score (nSPS) is 15.2. The molecule has 2 amide bonds. The van der Waals surface area contributed by atoms with E-state index in [2.05, 4.69) is 5.10 Å². The van der Waals surface area contributed by atoms with Crippen molar-refractivity contribution in [2.75, 3.05) is 25.7 Å². The van der Waals surface area contributed by atoms with Gasteiger partial charge in [0.1, 0.15) is 0 Å². The van der Waals surface area contributed by atoms with Crippen LogP contribution in [-0.2, 0) is 14.3 Å². The molecule has 2 aromatic carbocycles. The van der Waals surface area contributed by atoms with Crippen molar-refractivity contribution < 1.29 is 23.8 Å². The minimum Gasteiger partial charge on any atom is -0.493 e. The Morgan fingerprint density at radius 2 is 1.84 bits per heavy atom. The molecule has 1 aliphatic rings. The van der Waals surface area contributed by atoms with Crippen molar-refractivity contribution in [1.29, 1.82) is 0 Å². The first-order valence-electron chi connectivity index (χ1n) is 9.56. The maximum Gasteiger partial charge on any atom is 0.243 e. The van der Waals surface area contributed by atoms with Crippen molar-refractivity contribution >= 4 is 35.0 Å².